The van der Waals surface area contributed by atoms with Crippen LogP contribution < -0.4 is 10.6 Å². The Labute approximate surface area is 171 Å². The number of nitrogens with one attached hydrogen (secondary N) is 2. The van der Waals surface area contributed by atoms with Gasteiger partial charge in [-0.25, -0.2) is 0 Å². The molecule has 2 saturated heterocycles. The lowest BCUT2D eigenvalue weighted by Gasteiger charge is -2.48. The summed E-state index contributed by atoms with van der Waals surface area (Å²) >= 11 is 0. The Morgan fingerprint density at radius 2 is 1.61 bits per heavy atom. The molecule has 1 atom stereocenters. The van der Waals surface area contributed by atoms with Crippen LogP contribution in [-0.2, 0) is 9.47 Å². The summed E-state index contributed by atoms with van der Waals surface area (Å²) < 4.78 is 11.0. The highest BCUT2D eigenvalue weighted by molar-refractivity contribution is 5.79. The lowest BCUT2D eigenvalue weighted by Crippen LogP contribution is -2.60. The Morgan fingerprint density at radius 3 is 2.25 bits per heavy atom. The molecule has 0 aromatic rings. The van der Waals surface area contributed by atoms with Crippen molar-refractivity contribution >= 4 is 5.96 Å². The van der Waals surface area contributed by atoms with Crippen LogP contribution in [0.25, 0.3) is 0 Å². The zero-order valence-electron chi connectivity index (χ0n) is 18.0. The summed E-state index contributed by atoms with van der Waals surface area (Å²) in [5.41, 5.74) is 0.263. The molecule has 7 heteroatoms. The molecule has 162 valence electrons. The van der Waals surface area contributed by atoms with Crippen LogP contribution in [-0.4, -0.2) is 101 Å². The molecule has 2 aliphatic heterocycles. The van der Waals surface area contributed by atoms with Crippen molar-refractivity contribution in [1.29, 1.82) is 0 Å². The Bertz CT molecular complexity index is 469. The Morgan fingerprint density at radius 1 is 0.964 bits per heavy atom. The standard InChI is InChI=1S/C21H41N5O2/c1-19(17-25-8-12-27-13-9-25)16-23-20(22-2)24-18-21(6-4-3-5-7-21)26-10-14-28-15-11-26/h19H,3-18H2,1-2H3,(H2,22,23,24). The highest BCUT2D eigenvalue weighted by Gasteiger charge is 2.38. The molecule has 3 fully saturated rings. The van der Waals surface area contributed by atoms with E-state index in [-0.39, 0.29) is 5.54 Å². The monoisotopic (exact) mass is 395 g/mol. The van der Waals surface area contributed by atoms with Crippen LogP contribution in [0.3, 0.4) is 0 Å². The third kappa shape index (κ3) is 6.31. The van der Waals surface area contributed by atoms with Crippen LogP contribution in [0.2, 0.25) is 0 Å². The molecule has 1 aliphatic carbocycles. The molecule has 28 heavy (non-hydrogen) atoms. The normalized spacial score (nSPS) is 26.0. The number of aliphatic imine (C=N–C) groups is 1. The van der Waals surface area contributed by atoms with Crippen molar-refractivity contribution < 1.29 is 9.47 Å². The van der Waals surface area contributed by atoms with Crippen molar-refractivity contribution in [1.82, 2.24) is 20.4 Å². The van der Waals surface area contributed by atoms with Gasteiger partial charge in [-0.3, -0.25) is 14.8 Å². The number of morpholine rings is 2. The molecule has 0 spiro atoms. The molecule has 0 radical (unpaired) electrons. The van der Waals surface area contributed by atoms with E-state index in [0.717, 1.165) is 78.2 Å². The molecule has 0 amide bonds. The fraction of sp³-hybridized carbons (Fsp3) is 0.952. The summed E-state index contributed by atoms with van der Waals surface area (Å²) in [6.45, 7) is 13.1. The first kappa shape index (κ1) is 21.8. The van der Waals surface area contributed by atoms with Gasteiger partial charge in [-0.15, -0.1) is 0 Å². The van der Waals surface area contributed by atoms with Crippen molar-refractivity contribution in [3.63, 3.8) is 0 Å². The quantitative estimate of drug-likeness (QED) is 0.498. The number of hydrogen-bond acceptors (Lipinski definition) is 5. The second-order valence-corrected chi connectivity index (χ2v) is 8.71. The van der Waals surface area contributed by atoms with Crippen molar-refractivity contribution in [3.8, 4) is 0 Å². The summed E-state index contributed by atoms with van der Waals surface area (Å²) in [7, 11) is 1.88. The van der Waals surface area contributed by atoms with E-state index in [9.17, 15) is 0 Å². The highest BCUT2D eigenvalue weighted by atomic mass is 16.5. The number of rotatable bonds is 7. The van der Waals surface area contributed by atoms with Crippen molar-refractivity contribution in [2.24, 2.45) is 10.9 Å². The zero-order valence-corrected chi connectivity index (χ0v) is 18.0. The second-order valence-electron chi connectivity index (χ2n) is 8.71. The summed E-state index contributed by atoms with van der Waals surface area (Å²) in [5.74, 6) is 1.52. The van der Waals surface area contributed by atoms with Crippen LogP contribution in [0.5, 0.6) is 0 Å². The van der Waals surface area contributed by atoms with Gasteiger partial charge in [0.15, 0.2) is 5.96 Å². The number of ether oxygens (including phenoxy) is 2. The van der Waals surface area contributed by atoms with E-state index in [1.165, 1.54) is 32.1 Å². The summed E-state index contributed by atoms with van der Waals surface area (Å²) in [4.78, 5) is 9.66. The minimum Gasteiger partial charge on any atom is -0.379 e. The van der Waals surface area contributed by atoms with Crippen LogP contribution in [0.1, 0.15) is 39.0 Å². The van der Waals surface area contributed by atoms with Gasteiger partial charge in [0.05, 0.1) is 26.4 Å². The van der Waals surface area contributed by atoms with Crippen molar-refractivity contribution in [2.45, 2.75) is 44.6 Å². The molecule has 7 nitrogen and oxygen atoms in total. The van der Waals surface area contributed by atoms with Crippen LogP contribution in [0.4, 0.5) is 0 Å². The Kier molecular flexibility index (Phi) is 8.83. The maximum atomic E-state index is 5.60. The fourth-order valence-corrected chi connectivity index (χ4v) is 4.88. The van der Waals surface area contributed by atoms with Crippen LogP contribution >= 0.6 is 0 Å². The fourth-order valence-electron chi connectivity index (χ4n) is 4.88. The van der Waals surface area contributed by atoms with E-state index in [4.69, 9.17) is 9.47 Å². The number of guanidine groups is 1. The average molecular weight is 396 g/mol. The number of hydrogen-bond donors (Lipinski definition) is 2. The van der Waals surface area contributed by atoms with Crippen LogP contribution in [0, 0.1) is 5.92 Å². The Hall–Kier alpha value is -0.890. The summed E-state index contributed by atoms with van der Waals surface area (Å²) in [6, 6.07) is 0. The molecule has 2 heterocycles. The van der Waals surface area contributed by atoms with Crippen molar-refractivity contribution in [2.75, 3.05) is 79.3 Å². The maximum absolute atomic E-state index is 5.60. The van der Waals surface area contributed by atoms with Gasteiger partial charge in [0.1, 0.15) is 0 Å². The molecule has 0 aromatic carbocycles. The van der Waals surface area contributed by atoms with Gasteiger partial charge in [-0.05, 0) is 18.8 Å². The van der Waals surface area contributed by atoms with Crippen molar-refractivity contribution in [3.05, 3.63) is 0 Å². The highest BCUT2D eigenvalue weighted by Crippen LogP contribution is 2.33. The zero-order chi connectivity index (χ0) is 19.7. The minimum absolute atomic E-state index is 0.263. The average Bonchev–Trinajstić information content (AvgIpc) is 2.76. The van der Waals surface area contributed by atoms with E-state index in [0.29, 0.717) is 5.92 Å². The predicted molar refractivity (Wildman–Crippen MR) is 114 cm³/mol. The third-order valence-corrected chi connectivity index (χ3v) is 6.57. The Balaban J connectivity index is 1.45. The molecule has 2 N–H and O–H groups in total. The van der Waals surface area contributed by atoms with Gasteiger partial charge >= 0.3 is 0 Å². The lowest BCUT2D eigenvalue weighted by atomic mass is 9.80. The van der Waals surface area contributed by atoms with Crippen LogP contribution in [0.15, 0.2) is 4.99 Å². The first-order valence-corrected chi connectivity index (χ1v) is 11.3. The van der Waals surface area contributed by atoms with E-state index in [1.807, 2.05) is 7.05 Å². The van der Waals surface area contributed by atoms with Gasteiger partial charge < -0.3 is 20.1 Å². The van der Waals surface area contributed by atoms with Gasteiger partial charge in [0, 0.05) is 58.4 Å². The second kappa shape index (κ2) is 11.3. The number of nitrogens with zero attached hydrogens (tertiary/aromatic N) is 3. The third-order valence-electron chi connectivity index (χ3n) is 6.57. The molecule has 3 aliphatic rings. The topological polar surface area (TPSA) is 61.4 Å². The molecule has 0 aromatic heterocycles. The van der Waals surface area contributed by atoms with Gasteiger partial charge in [0.2, 0.25) is 0 Å². The molecule has 1 unspecified atom stereocenters. The van der Waals surface area contributed by atoms with Gasteiger partial charge in [-0.1, -0.05) is 26.2 Å². The summed E-state index contributed by atoms with van der Waals surface area (Å²) in [6.07, 6.45) is 6.61. The first-order valence-electron chi connectivity index (χ1n) is 11.3. The smallest absolute Gasteiger partial charge is 0.191 e. The predicted octanol–water partition coefficient (Wildman–Crippen LogP) is 1.15. The maximum Gasteiger partial charge on any atom is 0.191 e. The largest absolute Gasteiger partial charge is 0.379 e. The van der Waals surface area contributed by atoms with E-state index < -0.39 is 0 Å². The first-order chi connectivity index (χ1) is 13.7. The molecule has 1 saturated carbocycles. The molecule has 3 rings (SSSR count). The summed E-state index contributed by atoms with van der Waals surface area (Å²) in [5, 5.41) is 7.22. The molecule has 0 bridgehead atoms. The minimum atomic E-state index is 0.263. The van der Waals surface area contributed by atoms with E-state index in [2.05, 4.69) is 32.3 Å². The molecular weight excluding hydrogens is 354 g/mol. The van der Waals surface area contributed by atoms with E-state index in [1.54, 1.807) is 0 Å². The molecular formula is C21H41N5O2. The lowest BCUT2D eigenvalue weighted by molar-refractivity contribution is -0.0352. The van der Waals surface area contributed by atoms with Gasteiger partial charge in [-0.2, -0.15) is 0 Å². The van der Waals surface area contributed by atoms with E-state index >= 15 is 0 Å². The van der Waals surface area contributed by atoms with Gasteiger partial charge in [0.25, 0.3) is 0 Å². The SMILES string of the molecule is CN=C(NCC(C)CN1CCOCC1)NCC1(N2CCOCC2)CCCCC1.